The first-order valence-electron chi connectivity index (χ1n) is 9.14. The van der Waals surface area contributed by atoms with Gasteiger partial charge in [-0.1, -0.05) is 0 Å². The first-order chi connectivity index (χ1) is 12.4. The standard InChI is InChI=1S/C18H27N3O4S/c1-26(23,24)21-9-2-4-15-14-16(5-6-17(15)21)18(22)19-7-3-8-20-10-12-25-13-11-20/h5-6,14H,2-4,7-13H2,1H3,(H,19,22). The summed E-state index contributed by atoms with van der Waals surface area (Å²) in [5.74, 6) is -0.105. The second-order valence-corrected chi connectivity index (χ2v) is 8.75. The zero-order valence-corrected chi connectivity index (χ0v) is 16.1. The van der Waals surface area contributed by atoms with Crippen LogP contribution in [0.3, 0.4) is 0 Å². The highest BCUT2D eigenvalue weighted by molar-refractivity contribution is 7.92. The molecule has 2 aliphatic rings. The van der Waals surface area contributed by atoms with Gasteiger partial charge in [-0.05, 0) is 49.6 Å². The largest absolute Gasteiger partial charge is 0.379 e. The minimum absolute atomic E-state index is 0.105. The zero-order valence-electron chi connectivity index (χ0n) is 15.2. The Bertz CT molecular complexity index is 745. The molecule has 1 fully saturated rings. The van der Waals surface area contributed by atoms with E-state index >= 15 is 0 Å². The number of rotatable bonds is 6. The van der Waals surface area contributed by atoms with E-state index in [2.05, 4.69) is 10.2 Å². The highest BCUT2D eigenvalue weighted by Gasteiger charge is 2.24. The van der Waals surface area contributed by atoms with E-state index in [0.29, 0.717) is 24.3 Å². The van der Waals surface area contributed by atoms with E-state index in [-0.39, 0.29) is 5.91 Å². The van der Waals surface area contributed by atoms with E-state index in [1.165, 1.54) is 10.6 Å². The molecular weight excluding hydrogens is 354 g/mol. The van der Waals surface area contributed by atoms with E-state index in [1.807, 2.05) is 6.07 Å². The van der Waals surface area contributed by atoms with Gasteiger partial charge in [0.25, 0.3) is 5.91 Å². The second-order valence-electron chi connectivity index (χ2n) is 6.85. The Morgan fingerprint density at radius 2 is 2.00 bits per heavy atom. The molecule has 2 aliphatic heterocycles. The Kier molecular flexibility index (Phi) is 6.16. The van der Waals surface area contributed by atoms with Crippen LogP contribution in [0.2, 0.25) is 0 Å². The topological polar surface area (TPSA) is 79.0 Å². The van der Waals surface area contributed by atoms with Gasteiger partial charge in [-0.15, -0.1) is 0 Å². The molecule has 0 bridgehead atoms. The van der Waals surface area contributed by atoms with Crippen LogP contribution in [-0.4, -0.2) is 71.4 Å². The molecule has 0 radical (unpaired) electrons. The SMILES string of the molecule is CS(=O)(=O)N1CCCc2cc(C(=O)NCCCN3CCOCC3)ccc21. The summed E-state index contributed by atoms with van der Waals surface area (Å²) in [6.07, 6.45) is 3.68. The van der Waals surface area contributed by atoms with Crippen LogP contribution >= 0.6 is 0 Å². The van der Waals surface area contributed by atoms with Crippen LogP contribution in [0.15, 0.2) is 18.2 Å². The number of anilines is 1. The predicted octanol–water partition coefficient (Wildman–Crippen LogP) is 0.851. The number of carbonyl (C=O) groups excluding carboxylic acids is 1. The monoisotopic (exact) mass is 381 g/mol. The van der Waals surface area contributed by atoms with Gasteiger partial charge in [0.15, 0.2) is 0 Å². The average molecular weight is 381 g/mol. The summed E-state index contributed by atoms with van der Waals surface area (Å²) in [4.78, 5) is 14.7. The number of benzene rings is 1. The van der Waals surface area contributed by atoms with Crippen molar-refractivity contribution in [3.8, 4) is 0 Å². The van der Waals surface area contributed by atoms with E-state index in [0.717, 1.165) is 57.7 Å². The van der Waals surface area contributed by atoms with Gasteiger partial charge >= 0.3 is 0 Å². The number of hydrogen-bond acceptors (Lipinski definition) is 5. The van der Waals surface area contributed by atoms with Gasteiger partial charge in [0.1, 0.15) is 0 Å². The number of nitrogens with one attached hydrogen (secondary N) is 1. The van der Waals surface area contributed by atoms with Crippen LogP contribution in [0, 0.1) is 0 Å². The van der Waals surface area contributed by atoms with E-state index in [4.69, 9.17) is 4.74 Å². The number of fused-ring (bicyclic) bond motifs is 1. The molecule has 1 saturated heterocycles. The van der Waals surface area contributed by atoms with Gasteiger partial charge in [-0.2, -0.15) is 0 Å². The summed E-state index contributed by atoms with van der Waals surface area (Å²) in [6, 6.07) is 5.28. The third-order valence-corrected chi connectivity index (χ3v) is 6.04. The number of carbonyl (C=O) groups is 1. The van der Waals surface area contributed by atoms with Crippen molar-refractivity contribution < 1.29 is 17.9 Å². The number of amides is 1. The fourth-order valence-corrected chi connectivity index (χ4v) is 4.48. The van der Waals surface area contributed by atoms with Crippen molar-refractivity contribution in [3.05, 3.63) is 29.3 Å². The Balaban J connectivity index is 1.55. The Hall–Kier alpha value is -1.64. The van der Waals surface area contributed by atoms with Crippen molar-refractivity contribution in [1.29, 1.82) is 0 Å². The molecule has 7 nitrogen and oxygen atoms in total. The lowest BCUT2D eigenvalue weighted by Gasteiger charge is -2.29. The van der Waals surface area contributed by atoms with Crippen LogP contribution in [0.4, 0.5) is 5.69 Å². The maximum absolute atomic E-state index is 12.4. The molecule has 144 valence electrons. The van der Waals surface area contributed by atoms with Crippen molar-refractivity contribution >= 4 is 21.6 Å². The molecule has 26 heavy (non-hydrogen) atoms. The number of hydrogen-bond donors (Lipinski definition) is 1. The van der Waals surface area contributed by atoms with Crippen molar-refractivity contribution in [2.75, 3.05) is 56.5 Å². The summed E-state index contributed by atoms with van der Waals surface area (Å²) in [7, 11) is -3.28. The van der Waals surface area contributed by atoms with E-state index in [9.17, 15) is 13.2 Å². The third kappa shape index (κ3) is 4.75. The summed E-state index contributed by atoms with van der Waals surface area (Å²) < 4.78 is 30.6. The molecule has 1 amide bonds. The molecule has 1 aromatic rings. The minimum atomic E-state index is -3.28. The summed E-state index contributed by atoms with van der Waals surface area (Å²) in [5.41, 5.74) is 2.20. The molecule has 8 heteroatoms. The van der Waals surface area contributed by atoms with Gasteiger partial charge in [0.2, 0.25) is 10.0 Å². The van der Waals surface area contributed by atoms with Crippen LogP contribution in [0.25, 0.3) is 0 Å². The van der Waals surface area contributed by atoms with Gasteiger partial charge in [-0.3, -0.25) is 14.0 Å². The highest BCUT2D eigenvalue weighted by atomic mass is 32.2. The number of nitrogens with zero attached hydrogens (tertiary/aromatic N) is 2. The summed E-state index contributed by atoms with van der Waals surface area (Å²) in [6.45, 7) is 5.56. The number of ether oxygens (including phenoxy) is 1. The Labute approximate surface area is 155 Å². The molecular formula is C18H27N3O4S. The van der Waals surface area contributed by atoms with Crippen molar-refractivity contribution in [3.63, 3.8) is 0 Å². The predicted molar refractivity (Wildman–Crippen MR) is 101 cm³/mol. The van der Waals surface area contributed by atoms with Crippen LogP contribution in [0.5, 0.6) is 0 Å². The van der Waals surface area contributed by atoms with E-state index in [1.54, 1.807) is 12.1 Å². The fraction of sp³-hybridized carbons (Fsp3) is 0.611. The first kappa shape index (κ1) is 19.1. The van der Waals surface area contributed by atoms with Crippen LogP contribution in [0.1, 0.15) is 28.8 Å². The van der Waals surface area contributed by atoms with Gasteiger partial charge in [0.05, 0.1) is 25.2 Å². The summed E-state index contributed by atoms with van der Waals surface area (Å²) >= 11 is 0. The van der Waals surface area contributed by atoms with Gasteiger partial charge < -0.3 is 10.1 Å². The van der Waals surface area contributed by atoms with Gasteiger partial charge in [0, 0.05) is 31.7 Å². The van der Waals surface area contributed by atoms with Crippen LogP contribution in [-0.2, 0) is 21.2 Å². The molecule has 2 heterocycles. The number of morpholine rings is 1. The Morgan fingerprint density at radius 3 is 2.73 bits per heavy atom. The van der Waals surface area contributed by atoms with Crippen molar-refractivity contribution in [1.82, 2.24) is 10.2 Å². The molecule has 0 atom stereocenters. The van der Waals surface area contributed by atoms with Crippen LogP contribution < -0.4 is 9.62 Å². The lowest BCUT2D eigenvalue weighted by Crippen LogP contribution is -2.38. The molecule has 0 spiro atoms. The lowest BCUT2D eigenvalue weighted by atomic mass is 10.0. The second kappa shape index (κ2) is 8.37. The molecule has 0 aliphatic carbocycles. The molecule has 3 rings (SSSR count). The number of sulfonamides is 1. The zero-order chi connectivity index (χ0) is 18.6. The fourth-order valence-electron chi connectivity index (χ4n) is 3.48. The average Bonchev–Trinajstić information content (AvgIpc) is 2.64. The molecule has 1 N–H and O–H groups in total. The van der Waals surface area contributed by atoms with Gasteiger partial charge in [-0.25, -0.2) is 8.42 Å². The van der Waals surface area contributed by atoms with Crippen molar-refractivity contribution in [2.24, 2.45) is 0 Å². The summed E-state index contributed by atoms with van der Waals surface area (Å²) in [5, 5.41) is 2.96. The van der Waals surface area contributed by atoms with Crippen molar-refractivity contribution in [2.45, 2.75) is 19.3 Å². The molecule has 1 aromatic carbocycles. The molecule has 0 aromatic heterocycles. The maximum atomic E-state index is 12.4. The number of aryl methyl sites for hydroxylation is 1. The molecule has 0 saturated carbocycles. The lowest BCUT2D eigenvalue weighted by molar-refractivity contribution is 0.0374. The minimum Gasteiger partial charge on any atom is -0.379 e. The van der Waals surface area contributed by atoms with E-state index < -0.39 is 10.0 Å². The first-order valence-corrected chi connectivity index (χ1v) is 11.0. The maximum Gasteiger partial charge on any atom is 0.251 e. The highest BCUT2D eigenvalue weighted by Crippen LogP contribution is 2.29. The third-order valence-electron chi connectivity index (χ3n) is 4.86. The quantitative estimate of drug-likeness (QED) is 0.739. The Morgan fingerprint density at radius 1 is 1.23 bits per heavy atom. The normalized spacial score (nSPS) is 18.4. The smallest absolute Gasteiger partial charge is 0.251 e. The molecule has 0 unspecified atom stereocenters.